The number of carbonyl (C=O) groups is 4. The molecule has 4 aliphatic rings. The maximum absolute atomic E-state index is 13.2. The lowest BCUT2D eigenvalue weighted by molar-refractivity contribution is -0.246. The number of fused-ring (bicyclic) bond motifs is 2. The van der Waals surface area contributed by atoms with Crippen molar-refractivity contribution in [1.29, 1.82) is 0 Å². The molecule has 152 valence electrons. The molecule has 4 fully saturated rings. The molecular formula is C21H26O7. The number of cyclic esters (lactones) is 1. The van der Waals surface area contributed by atoms with Crippen LogP contribution in [-0.2, 0) is 28.7 Å². The second-order valence-corrected chi connectivity index (χ2v) is 9.01. The second-order valence-electron chi connectivity index (χ2n) is 9.01. The molecule has 4 rings (SSSR count). The highest BCUT2D eigenvalue weighted by molar-refractivity contribution is 6.15. The van der Waals surface area contributed by atoms with E-state index in [1.54, 1.807) is 0 Å². The summed E-state index contributed by atoms with van der Waals surface area (Å²) in [5.41, 5.74) is -2.33. The van der Waals surface area contributed by atoms with Crippen LogP contribution in [0.15, 0.2) is 12.2 Å². The van der Waals surface area contributed by atoms with Crippen molar-refractivity contribution in [1.82, 2.24) is 0 Å². The number of aldehydes is 1. The molecule has 1 N–H and O–H groups in total. The number of allylic oxidation sites excluding steroid dienone is 1. The number of carbonyl (C=O) groups excluding carboxylic acids is 4. The van der Waals surface area contributed by atoms with Crippen molar-refractivity contribution in [3.63, 3.8) is 0 Å². The lowest BCUT2D eigenvalue weighted by Crippen LogP contribution is -2.70. The fourth-order valence-corrected chi connectivity index (χ4v) is 6.69. The van der Waals surface area contributed by atoms with Crippen LogP contribution < -0.4 is 0 Å². The van der Waals surface area contributed by atoms with Crippen molar-refractivity contribution in [2.75, 3.05) is 6.61 Å². The fraction of sp³-hybridized carbons (Fsp3) is 0.714. The van der Waals surface area contributed by atoms with E-state index in [9.17, 15) is 24.3 Å². The Hall–Kier alpha value is -2.02. The molecule has 1 aliphatic heterocycles. The fourth-order valence-electron chi connectivity index (χ4n) is 6.69. The van der Waals surface area contributed by atoms with Gasteiger partial charge in [0.2, 0.25) is 0 Å². The Morgan fingerprint density at radius 2 is 2.07 bits per heavy atom. The summed E-state index contributed by atoms with van der Waals surface area (Å²) in [6, 6.07) is 0. The van der Waals surface area contributed by atoms with Crippen molar-refractivity contribution in [2.24, 2.45) is 34.5 Å². The number of aliphatic hydroxyl groups is 1. The van der Waals surface area contributed by atoms with Crippen LogP contribution in [0.4, 0.5) is 0 Å². The van der Waals surface area contributed by atoms with Crippen molar-refractivity contribution in [3.05, 3.63) is 12.2 Å². The van der Waals surface area contributed by atoms with Crippen LogP contribution in [0.3, 0.4) is 0 Å². The van der Waals surface area contributed by atoms with Gasteiger partial charge in [-0.15, -0.1) is 0 Å². The van der Waals surface area contributed by atoms with Crippen molar-refractivity contribution < 1.29 is 33.8 Å². The minimum atomic E-state index is -1.55. The van der Waals surface area contributed by atoms with E-state index in [4.69, 9.17) is 9.47 Å². The van der Waals surface area contributed by atoms with Gasteiger partial charge in [-0.2, -0.15) is 0 Å². The number of ketones is 1. The van der Waals surface area contributed by atoms with Gasteiger partial charge < -0.3 is 19.4 Å². The molecule has 28 heavy (non-hydrogen) atoms. The number of hydrogen-bond donors (Lipinski definition) is 1. The summed E-state index contributed by atoms with van der Waals surface area (Å²) in [6.45, 7) is 6.94. The quantitative estimate of drug-likeness (QED) is 0.327. The first-order valence-electron chi connectivity index (χ1n) is 9.91. The number of rotatable bonds is 2. The summed E-state index contributed by atoms with van der Waals surface area (Å²) in [4.78, 5) is 50.2. The van der Waals surface area contributed by atoms with Crippen LogP contribution in [0.2, 0.25) is 0 Å². The summed E-state index contributed by atoms with van der Waals surface area (Å²) in [6.07, 6.45) is 0.815. The van der Waals surface area contributed by atoms with E-state index in [1.165, 1.54) is 6.92 Å². The molecule has 0 aromatic rings. The monoisotopic (exact) mass is 390 g/mol. The van der Waals surface area contributed by atoms with Gasteiger partial charge in [-0.25, -0.2) is 0 Å². The Labute approximate surface area is 163 Å². The molecule has 2 spiro atoms. The molecule has 7 heteroatoms. The predicted octanol–water partition coefficient (Wildman–Crippen LogP) is 1.22. The smallest absolute Gasteiger partial charge is 0.320 e. The molecule has 0 radical (unpaired) electrons. The van der Waals surface area contributed by atoms with Crippen molar-refractivity contribution >= 4 is 24.0 Å². The van der Waals surface area contributed by atoms with Gasteiger partial charge in [0.1, 0.15) is 24.4 Å². The molecule has 7 nitrogen and oxygen atoms in total. The summed E-state index contributed by atoms with van der Waals surface area (Å²) < 4.78 is 11.2. The maximum atomic E-state index is 13.2. The first-order valence-corrected chi connectivity index (χ1v) is 9.91. The first-order chi connectivity index (χ1) is 13.2. The van der Waals surface area contributed by atoms with Gasteiger partial charge >= 0.3 is 11.9 Å². The minimum Gasteiger partial charge on any atom is -0.464 e. The Bertz CT molecular complexity index is 773. The Morgan fingerprint density at radius 1 is 1.36 bits per heavy atom. The number of esters is 2. The average Bonchev–Trinajstić information content (AvgIpc) is 2.83. The Morgan fingerprint density at radius 3 is 2.71 bits per heavy atom. The molecular weight excluding hydrogens is 364 g/mol. The summed E-state index contributed by atoms with van der Waals surface area (Å²) in [5, 5.41) is 11.1. The van der Waals surface area contributed by atoms with Gasteiger partial charge in [-0.05, 0) is 43.1 Å². The second kappa shape index (κ2) is 6.24. The molecule has 8 atom stereocenters. The normalized spacial score (nSPS) is 47.5. The van der Waals surface area contributed by atoms with Crippen LogP contribution in [0.1, 0.15) is 39.5 Å². The number of aliphatic hydroxyl groups excluding tert-OH is 1. The predicted molar refractivity (Wildman–Crippen MR) is 95.7 cm³/mol. The molecule has 3 aliphatic carbocycles. The molecule has 8 unspecified atom stereocenters. The average molecular weight is 390 g/mol. The Kier molecular flexibility index (Phi) is 4.30. The van der Waals surface area contributed by atoms with Crippen molar-refractivity contribution in [2.45, 2.75) is 51.7 Å². The number of hydrogen-bond acceptors (Lipinski definition) is 7. The van der Waals surface area contributed by atoms with Crippen LogP contribution in [0.5, 0.6) is 0 Å². The third kappa shape index (κ3) is 2.19. The topological polar surface area (TPSA) is 107 Å². The molecule has 1 heterocycles. The summed E-state index contributed by atoms with van der Waals surface area (Å²) in [7, 11) is 0. The Balaban J connectivity index is 1.94. The molecule has 0 aromatic heterocycles. The molecule has 0 amide bonds. The van der Waals surface area contributed by atoms with E-state index in [2.05, 4.69) is 6.58 Å². The highest BCUT2D eigenvalue weighted by atomic mass is 16.6. The van der Waals surface area contributed by atoms with Gasteiger partial charge in [-0.1, -0.05) is 13.5 Å². The van der Waals surface area contributed by atoms with Gasteiger partial charge in [-0.3, -0.25) is 14.4 Å². The first kappa shape index (κ1) is 19.3. The SMILES string of the molecule is C=C1C(=O)C23CC1CC(O)C2C1(COC3=O)C(OC(C)=O)CCC(C)C1C=O. The van der Waals surface area contributed by atoms with E-state index < -0.39 is 52.6 Å². The van der Waals surface area contributed by atoms with Crippen LogP contribution >= 0.6 is 0 Å². The lowest BCUT2D eigenvalue weighted by atomic mass is 9.46. The molecule has 1 saturated heterocycles. The van der Waals surface area contributed by atoms with Crippen LogP contribution in [0.25, 0.3) is 0 Å². The maximum Gasteiger partial charge on any atom is 0.320 e. The molecule has 3 saturated carbocycles. The molecule has 0 aromatic carbocycles. The summed E-state index contributed by atoms with van der Waals surface area (Å²) >= 11 is 0. The largest absolute Gasteiger partial charge is 0.464 e. The standard InChI is InChI=1S/C21H26O7/c1-10-4-5-16(28-12(3)23)21(14(10)8-22)9-27-19(26)20-7-13(11(2)18(20)25)6-15(24)17(20)21/h8,10,13-17,24H,2,4-7,9H2,1,3H3. The number of ether oxygens (including phenoxy) is 2. The highest BCUT2D eigenvalue weighted by Crippen LogP contribution is 2.66. The third-order valence-electron chi connectivity index (χ3n) is 7.77. The minimum absolute atomic E-state index is 0.0530. The van der Waals surface area contributed by atoms with Gasteiger partial charge in [0.05, 0.1) is 11.5 Å². The zero-order valence-electron chi connectivity index (χ0n) is 16.2. The van der Waals surface area contributed by atoms with E-state index in [0.29, 0.717) is 24.8 Å². The van der Waals surface area contributed by atoms with E-state index in [1.807, 2.05) is 6.92 Å². The molecule has 2 bridgehead atoms. The van der Waals surface area contributed by atoms with E-state index in [0.717, 1.165) is 6.29 Å². The highest BCUT2D eigenvalue weighted by Gasteiger charge is 2.75. The van der Waals surface area contributed by atoms with Gasteiger partial charge in [0.15, 0.2) is 5.78 Å². The van der Waals surface area contributed by atoms with Gasteiger partial charge in [0, 0.05) is 18.8 Å². The van der Waals surface area contributed by atoms with Crippen LogP contribution in [-0.4, -0.2) is 47.9 Å². The van der Waals surface area contributed by atoms with Crippen molar-refractivity contribution in [3.8, 4) is 0 Å². The van der Waals surface area contributed by atoms with E-state index in [-0.39, 0.29) is 24.9 Å². The number of Topliss-reactive ketones (excluding diaryl/α,β-unsaturated/α-hetero) is 1. The van der Waals surface area contributed by atoms with Gasteiger partial charge in [0.25, 0.3) is 0 Å². The third-order valence-corrected chi connectivity index (χ3v) is 7.77. The zero-order chi connectivity index (χ0) is 20.4. The zero-order valence-corrected chi connectivity index (χ0v) is 16.2. The van der Waals surface area contributed by atoms with Crippen LogP contribution in [0, 0.1) is 34.5 Å². The summed E-state index contributed by atoms with van der Waals surface area (Å²) in [5.74, 6) is -3.32. The lowest BCUT2D eigenvalue weighted by Gasteiger charge is -2.60. The van der Waals surface area contributed by atoms with E-state index >= 15 is 0 Å².